The molecule has 7 nitrogen and oxygen atoms in total. The van der Waals surface area contributed by atoms with E-state index >= 15 is 0 Å². The fourth-order valence-corrected chi connectivity index (χ4v) is 4.01. The fourth-order valence-electron chi connectivity index (χ4n) is 1.95. The molecule has 144 valence electrons. The van der Waals surface area contributed by atoms with Crippen molar-refractivity contribution in [1.29, 1.82) is 0 Å². The lowest BCUT2D eigenvalue weighted by Gasteiger charge is -2.12. The van der Waals surface area contributed by atoms with Crippen LogP contribution in [-0.4, -0.2) is 39.5 Å². The molecule has 1 amide bonds. The zero-order valence-corrected chi connectivity index (χ0v) is 16.7. The second kappa shape index (κ2) is 8.56. The van der Waals surface area contributed by atoms with Gasteiger partial charge in [0.25, 0.3) is 5.91 Å². The van der Waals surface area contributed by atoms with E-state index in [2.05, 4.69) is 10.0 Å². The van der Waals surface area contributed by atoms with E-state index in [1.807, 2.05) is 13.8 Å². The van der Waals surface area contributed by atoms with Crippen LogP contribution in [0.5, 0.6) is 0 Å². The van der Waals surface area contributed by atoms with Crippen LogP contribution in [0.2, 0.25) is 10.0 Å². The molecule has 10 heteroatoms. The van der Waals surface area contributed by atoms with Gasteiger partial charge in [-0.2, -0.15) is 0 Å². The fraction of sp³-hybridized carbons (Fsp3) is 0.500. The zero-order valence-electron chi connectivity index (χ0n) is 14.3. The van der Waals surface area contributed by atoms with Gasteiger partial charge in [-0.3, -0.25) is 4.79 Å². The third-order valence-corrected chi connectivity index (χ3v) is 5.69. The number of nitrogens with one attached hydrogen (secondary N) is 2. The molecule has 0 saturated heterocycles. The number of sulfonamides is 1. The van der Waals surface area contributed by atoms with E-state index in [0.717, 1.165) is 25.0 Å². The van der Waals surface area contributed by atoms with Gasteiger partial charge in [-0.1, -0.05) is 37.0 Å². The summed E-state index contributed by atoms with van der Waals surface area (Å²) in [6.45, 7) is 3.44. The predicted octanol–water partition coefficient (Wildman–Crippen LogP) is 2.36. The lowest BCUT2D eigenvalue weighted by Crippen LogP contribution is -2.30. The summed E-state index contributed by atoms with van der Waals surface area (Å²) < 4.78 is 32.1. The minimum absolute atomic E-state index is 0.0644. The Balaban J connectivity index is 2.15. The highest BCUT2D eigenvalue weighted by Crippen LogP contribution is 2.29. The smallest absolute Gasteiger partial charge is 0.340 e. The number of carbonyl (C=O) groups excluding carboxylic acids is 2. The molecular formula is C16H20Cl2N2O5S. The van der Waals surface area contributed by atoms with Crippen LogP contribution in [-0.2, 0) is 19.6 Å². The Morgan fingerprint density at radius 2 is 1.88 bits per heavy atom. The topological polar surface area (TPSA) is 102 Å². The predicted molar refractivity (Wildman–Crippen MR) is 97.9 cm³/mol. The number of hydrogen-bond acceptors (Lipinski definition) is 5. The second-order valence-electron chi connectivity index (χ2n) is 6.43. The maximum atomic E-state index is 12.4. The van der Waals surface area contributed by atoms with Gasteiger partial charge in [-0.05, 0) is 30.9 Å². The maximum absolute atomic E-state index is 12.4. The van der Waals surface area contributed by atoms with Gasteiger partial charge >= 0.3 is 5.97 Å². The van der Waals surface area contributed by atoms with Crippen molar-refractivity contribution in [3.8, 4) is 0 Å². The number of esters is 1. The molecule has 0 radical (unpaired) electrons. The maximum Gasteiger partial charge on any atom is 0.340 e. The van der Waals surface area contributed by atoms with Crippen molar-refractivity contribution in [2.45, 2.75) is 37.6 Å². The molecule has 26 heavy (non-hydrogen) atoms. The van der Waals surface area contributed by atoms with Crippen LogP contribution in [0, 0.1) is 5.92 Å². The highest BCUT2D eigenvalue weighted by Gasteiger charge is 2.25. The summed E-state index contributed by atoms with van der Waals surface area (Å²) in [5.41, 5.74) is -0.180. The molecule has 1 aromatic carbocycles. The number of benzene rings is 1. The van der Waals surface area contributed by atoms with E-state index in [-0.39, 0.29) is 39.0 Å². The Morgan fingerprint density at radius 1 is 1.23 bits per heavy atom. The summed E-state index contributed by atoms with van der Waals surface area (Å²) in [6, 6.07) is 2.35. The van der Waals surface area contributed by atoms with Crippen LogP contribution in [0.1, 0.15) is 37.0 Å². The van der Waals surface area contributed by atoms with E-state index < -0.39 is 28.5 Å². The molecule has 0 spiro atoms. The molecule has 0 aromatic heterocycles. The van der Waals surface area contributed by atoms with Crippen molar-refractivity contribution in [3.63, 3.8) is 0 Å². The third-order valence-electron chi connectivity index (χ3n) is 3.49. The van der Waals surface area contributed by atoms with Crippen molar-refractivity contribution in [1.82, 2.24) is 10.0 Å². The Hall–Kier alpha value is -1.35. The molecule has 0 bridgehead atoms. The SMILES string of the molecule is CC(C)CNS(=O)(=O)c1cc(C(=O)OCC(=O)NC2CC2)c(Cl)cc1Cl. The Labute approximate surface area is 162 Å². The summed E-state index contributed by atoms with van der Waals surface area (Å²) in [4.78, 5) is 23.5. The number of halogens is 2. The number of ether oxygens (including phenoxy) is 1. The van der Waals surface area contributed by atoms with E-state index in [9.17, 15) is 18.0 Å². The van der Waals surface area contributed by atoms with E-state index in [1.165, 1.54) is 0 Å². The summed E-state index contributed by atoms with van der Waals surface area (Å²) in [7, 11) is -3.93. The van der Waals surface area contributed by atoms with Crippen LogP contribution in [0.3, 0.4) is 0 Å². The van der Waals surface area contributed by atoms with Gasteiger partial charge in [-0.25, -0.2) is 17.9 Å². The standard InChI is InChI=1S/C16H20Cl2N2O5S/c1-9(2)7-19-26(23,24)14-5-11(12(17)6-13(14)18)16(22)25-8-15(21)20-10-3-4-10/h5-6,9-10,19H,3-4,7-8H2,1-2H3,(H,20,21). The molecule has 1 aliphatic carbocycles. The lowest BCUT2D eigenvalue weighted by atomic mass is 10.2. The molecular weight excluding hydrogens is 403 g/mol. The first-order valence-electron chi connectivity index (χ1n) is 8.05. The Bertz CT molecular complexity index is 807. The van der Waals surface area contributed by atoms with Gasteiger partial charge in [-0.15, -0.1) is 0 Å². The molecule has 2 N–H and O–H groups in total. The zero-order chi connectivity index (χ0) is 19.5. The van der Waals surface area contributed by atoms with Crippen LogP contribution in [0.25, 0.3) is 0 Å². The number of carbonyl (C=O) groups is 2. The van der Waals surface area contributed by atoms with Crippen molar-refractivity contribution >= 4 is 45.1 Å². The summed E-state index contributed by atoms with van der Waals surface area (Å²) in [6.07, 6.45) is 1.82. The summed E-state index contributed by atoms with van der Waals surface area (Å²) in [5.74, 6) is -1.24. The summed E-state index contributed by atoms with van der Waals surface area (Å²) in [5, 5.41) is 2.49. The van der Waals surface area contributed by atoms with E-state index in [0.29, 0.717) is 0 Å². The Kier molecular flexibility index (Phi) is 6.90. The van der Waals surface area contributed by atoms with E-state index in [4.69, 9.17) is 27.9 Å². The van der Waals surface area contributed by atoms with Gasteiger partial charge < -0.3 is 10.1 Å². The average Bonchev–Trinajstić information content (AvgIpc) is 3.34. The third kappa shape index (κ3) is 5.84. The second-order valence-corrected chi connectivity index (χ2v) is 8.98. The highest BCUT2D eigenvalue weighted by atomic mass is 35.5. The van der Waals surface area contributed by atoms with Gasteiger partial charge in [0.05, 0.1) is 15.6 Å². The molecule has 0 atom stereocenters. The Morgan fingerprint density at radius 3 is 2.46 bits per heavy atom. The van der Waals surface area contributed by atoms with Crippen molar-refractivity contribution in [3.05, 3.63) is 27.7 Å². The van der Waals surface area contributed by atoms with Gasteiger partial charge in [0.1, 0.15) is 4.90 Å². The minimum atomic E-state index is -3.93. The number of amides is 1. The first kappa shape index (κ1) is 21.0. The molecule has 1 fully saturated rings. The molecule has 1 aliphatic rings. The van der Waals surface area contributed by atoms with Crippen LogP contribution >= 0.6 is 23.2 Å². The van der Waals surface area contributed by atoms with Gasteiger partial charge in [0.15, 0.2) is 6.61 Å². The largest absolute Gasteiger partial charge is 0.452 e. The quantitative estimate of drug-likeness (QED) is 0.626. The van der Waals surface area contributed by atoms with Crippen molar-refractivity contribution in [2.24, 2.45) is 5.92 Å². The van der Waals surface area contributed by atoms with Crippen LogP contribution < -0.4 is 10.0 Å². The first-order valence-corrected chi connectivity index (χ1v) is 10.3. The summed E-state index contributed by atoms with van der Waals surface area (Å²) >= 11 is 12.0. The van der Waals surface area contributed by atoms with Crippen LogP contribution in [0.4, 0.5) is 0 Å². The highest BCUT2D eigenvalue weighted by molar-refractivity contribution is 7.89. The monoisotopic (exact) mass is 422 g/mol. The number of rotatable bonds is 8. The first-order chi connectivity index (χ1) is 12.1. The number of hydrogen-bond donors (Lipinski definition) is 2. The lowest BCUT2D eigenvalue weighted by molar-refractivity contribution is -0.124. The molecule has 2 rings (SSSR count). The van der Waals surface area contributed by atoms with Gasteiger partial charge in [0, 0.05) is 12.6 Å². The minimum Gasteiger partial charge on any atom is -0.452 e. The molecule has 1 aromatic rings. The average molecular weight is 423 g/mol. The molecule has 0 aliphatic heterocycles. The van der Waals surface area contributed by atoms with Gasteiger partial charge in [0.2, 0.25) is 10.0 Å². The van der Waals surface area contributed by atoms with Crippen molar-refractivity contribution in [2.75, 3.05) is 13.2 Å². The molecule has 0 heterocycles. The van der Waals surface area contributed by atoms with Crippen LogP contribution in [0.15, 0.2) is 17.0 Å². The van der Waals surface area contributed by atoms with E-state index in [1.54, 1.807) is 0 Å². The van der Waals surface area contributed by atoms with Crippen molar-refractivity contribution < 1.29 is 22.7 Å². The normalized spacial score (nSPS) is 14.3. The molecule has 1 saturated carbocycles. The molecule has 0 unspecified atom stereocenters.